The van der Waals surface area contributed by atoms with Gasteiger partial charge in [0.2, 0.25) is 21.8 Å². The SMILES string of the molecule is C[C@H](C(=O)NC1CCCC1)N(Cc1ccc(Cl)c(Cl)c1)C(=O)CN(c1ccc(C23CC4CC(CC(C4)C2)C3)cc1)S(C)(=O)=O. The Morgan fingerprint density at radius 1 is 0.932 bits per heavy atom. The van der Waals surface area contributed by atoms with Crippen molar-refractivity contribution < 1.29 is 18.0 Å². The van der Waals surface area contributed by atoms with E-state index in [1.807, 2.05) is 12.1 Å². The highest BCUT2D eigenvalue weighted by Crippen LogP contribution is 2.60. The molecule has 1 atom stereocenters. The lowest BCUT2D eigenvalue weighted by atomic mass is 9.48. The van der Waals surface area contributed by atoms with Crippen molar-refractivity contribution in [2.45, 2.75) is 95.2 Å². The average Bonchev–Trinajstić information content (AvgIpc) is 3.48. The molecule has 44 heavy (non-hydrogen) atoms. The number of amides is 2. The zero-order valence-corrected chi connectivity index (χ0v) is 27.9. The van der Waals surface area contributed by atoms with E-state index in [1.165, 1.54) is 49.0 Å². The molecule has 5 fully saturated rings. The summed E-state index contributed by atoms with van der Waals surface area (Å²) in [6.07, 6.45) is 12.8. The van der Waals surface area contributed by atoms with Crippen molar-refractivity contribution in [3.8, 4) is 0 Å². The summed E-state index contributed by atoms with van der Waals surface area (Å²) < 4.78 is 27.4. The van der Waals surface area contributed by atoms with E-state index in [0.717, 1.165) is 54.0 Å². The third-order valence-corrected chi connectivity index (χ3v) is 12.6. The molecule has 238 valence electrons. The van der Waals surface area contributed by atoms with Gasteiger partial charge in [-0.05, 0) is 117 Å². The van der Waals surface area contributed by atoms with Crippen LogP contribution in [-0.2, 0) is 31.6 Å². The molecule has 0 spiro atoms. The molecular formula is C34H43Cl2N3O4S. The Morgan fingerprint density at radius 3 is 2.07 bits per heavy atom. The van der Waals surface area contributed by atoms with Crippen LogP contribution in [0.2, 0.25) is 10.0 Å². The van der Waals surface area contributed by atoms with Gasteiger partial charge in [0.15, 0.2) is 0 Å². The Balaban J connectivity index is 1.24. The summed E-state index contributed by atoms with van der Waals surface area (Å²) in [6, 6.07) is 12.2. The monoisotopic (exact) mass is 659 g/mol. The highest BCUT2D eigenvalue weighted by molar-refractivity contribution is 7.92. The van der Waals surface area contributed by atoms with E-state index in [0.29, 0.717) is 21.3 Å². The predicted octanol–water partition coefficient (Wildman–Crippen LogP) is 6.70. The fraction of sp³-hybridized carbons (Fsp3) is 0.588. The van der Waals surface area contributed by atoms with Gasteiger partial charge in [0.25, 0.3) is 0 Å². The van der Waals surface area contributed by atoms with E-state index < -0.39 is 28.5 Å². The van der Waals surface area contributed by atoms with Gasteiger partial charge < -0.3 is 10.2 Å². The summed E-state index contributed by atoms with van der Waals surface area (Å²) in [5.41, 5.74) is 2.63. The van der Waals surface area contributed by atoms with Gasteiger partial charge in [0, 0.05) is 12.6 Å². The summed E-state index contributed by atoms with van der Waals surface area (Å²) in [5, 5.41) is 3.82. The molecule has 4 bridgehead atoms. The summed E-state index contributed by atoms with van der Waals surface area (Å²) in [7, 11) is -3.81. The maximum atomic E-state index is 14.0. The molecular weight excluding hydrogens is 617 g/mol. The Kier molecular flexibility index (Phi) is 8.99. The second-order valence-electron chi connectivity index (χ2n) is 14.0. The number of hydrogen-bond acceptors (Lipinski definition) is 4. The van der Waals surface area contributed by atoms with Crippen LogP contribution < -0.4 is 9.62 Å². The van der Waals surface area contributed by atoms with Gasteiger partial charge in [-0.15, -0.1) is 0 Å². The topological polar surface area (TPSA) is 86.8 Å². The summed E-state index contributed by atoms with van der Waals surface area (Å²) in [5.74, 6) is 1.69. The van der Waals surface area contributed by atoms with E-state index in [2.05, 4.69) is 17.4 Å². The van der Waals surface area contributed by atoms with Crippen LogP contribution in [0.3, 0.4) is 0 Å². The fourth-order valence-electron chi connectivity index (χ4n) is 8.87. The van der Waals surface area contributed by atoms with Crippen molar-refractivity contribution in [2.75, 3.05) is 17.1 Å². The highest BCUT2D eigenvalue weighted by atomic mass is 35.5. The number of rotatable bonds is 10. The van der Waals surface area contributed by atoms with Gasteiger partial charge in [-0.25, -0.2) is 8.42 Å². The summed E-state index contributed by atoms with van der Waals surface area (Å²) in [6.45, 7) is 1.35. The average molecular weight is 661 g/mol. The lowest BCUT2D eigenvalue weighted by Gasteiger charge is -2.57. The van der Waals surface area contributed by atoms with Crippen molar-refractivity contribution in [3.05, 3.63) is 63.6 Å². The number of anilines is 1. The highest BCUT2D eigenvalue weighted by Gasteiger charge is 2.51. The van der Waals surface area contributed by atoms with Crippen LogP contribution in [0.25, 0.3) is 0 Å². The number of nitrogens with one attached hydrogen (secondary N) is 1. The number of hydrogen-bond donors (Lipinski definition) is 1. The normalized spacial score (nSPS) is 26.9. The number of sulfonamides is 1. The van der Waals surface area contributed by atoms with Crippen molar-refractivity contribution in [1.82, 2.24) is 10.2 Å². The molecule has 0 aromatic heterocycles. The first-order valence-electron chi connectivity index (χ1n) is 16.0. The minimum Gasteiger partial charge on any atom is -0.352 e. The molecule has 0 radical (unpaired) electrons. The number of carbonyl (C=O) groups excluding carboxylic acids is 2. The van der Waals surface area contributed by atoms with Gasteiger partial charge in [0.1, 0.15) is 12.6 Å². The van der Waals surface area contributed by atoms with Crippen molar-refractivity contribution >= 4 is 50.7 Å². The van der Waals surface area contributed by atoms with E-state index in [4.69, 9.17) is 23.2 Å². The summed E-state index contributed by atoms with van der Waals surface area (Å²) in [4.78, 5) is 28.8. The maximum Gasteiger partial charge on any atom is 0.244 e. The molecule has 10 heteroatoms. The first-order valence-corrected chi connectivity index (χ1v) is 18.6. The molecule has 0 aliphatic heterocycles. The van der Waals surface area contributed by atoms with Gasteiger partial charge >= 0.3 is 0 Å². The largest absolute Gasteiger partial charge is 0.352 e. The molecule has 1 N–H and O–H groups in total. The zero-order chi connectivity index (χ0) is 31.2. The van der Waals surface area contributed by atoms with Crippen LogP contribution in [-0.4, -0.2) is 50.0 Å². The van der Waals surface area contributed by atoms with Crippen LogP contribution >= 0.6 is 23.2 Å². The number of benzene rings is 2. The quantitative estimate of drug-likeness (QED) is 0.307. The number of carbonyl (C=O) groups is 2. The van der Waals surface area contributed by atoms with Crippen LogP contribution in [0.4, 0.5) is 5.69 Å². The molecule has 0 heterocycles. The lowest BCUT2D eigenvalue weighted by Crippen LogP contribution is -2.52. The molecule has 2 amide bonds. The number of halogens is 2. The molecule has 0 unspecified atom stereocenters. The van der Waals surface area contributed by atoms with Crippen LogP contribution in [0, 0.1) is 17.8 Å². The molecule has 2 aromatic carbocycles. The molecule has 7 rings (SSSR count). The first kappa shape index (κ1) is 31.7. The van der Waals surface area contributed by atoms with Crippen LogP contribution in [0.5, 0.6) is 0 Å². The minimum absolute atomic E-state index is 0.0809. The third kappa shape index (κ3) is 6.63. The molecule has 2 aromatic rings. The molecule has 0 saturated heterocycles. The van der Waals surface area contributed by atoms with Crippen molar-refractivity contribution in [1.29, 1.82) is 0 Å². The van der Waals surface area contributed by atoms with Crippen molar-refractivity contribution in [3.63, 3.8) is 0 Å². The third-order valence-electron chi connectivity index (χ3n) is 10.7. The van der Waals surface area contributed by atoms with Gasteiger partial charge in [0.05, 0.1) is 22.0 Å². The molecule has 5 aliphatic carbocycles. The molecule has 5 saturated carbocycles. The van der Waals surface area contributed by atoms with E-state index >= 15 is 0 Å². The van der Waals surface area contributed by atoms with E-state index in [9.17, 15) is 18.0 Å². The Labute approximate surface area is 271 Å². The first-order chi connectivity index (χ1) is 20.9. The Hall–Kier alpha value is -2.29. The summed E-state index contributed by atoms with van der Waals surface area (Å²) >= 11 is 12.4. The molecule has 7 nitrogen and oxygen atoms in total. The van der Waals surface area contributed by atoms with Gasteiger partial charge in [-0.1, -0.05) is 54.2 Å². The second-order valence-corrected chi connectivity index (χ2v) is 16.7. The lowest BCUT2D eigenvalue weighted by molar-refractivity contribution is -0.139. The van der Waals surface area contributed by atoms with Gasteiger partial charge in [-0.2, -0.15) is 0 Å². The Morgan fingerprint density at radius 2 is 1.52 bits per heavy atom. The second kappa shape index (κ2) is 12.5. The van der Waals surface area contributed by atoms with E-state index in [1.54, 1.807) is 25.1 Å². The molecule has 5 aliphatic rings. The predicted molar refractivity (Wildman–Crippen MR) is 175 cm³/mol. The number of nitrogens with zero attached hydrogens (tertiary/aromatic N) is 2. The smallest absolute Gasteiger partial charge is 0.244 e. The zero-order valence-electron chi connectivity index (χ0n) is 25.6. The van der Waals surface area contributed by atoms with Gasteiger partial charge in [-0.3, -0.25) is 13.9 Å². The van der Waals surface area contributed by atoms with Crippen molar-refractivity contribution in [2.24, 2.45) is 17.8 Å². The minimum atomic E-state index is -3.81. The Bertz CT molecular complexity index is 1470. The van der Waals surface area contributed by atoms with Crippen LogP contribution in [0.1, 0.15) is 82.3 Å². The fourth-order valence-corrected chi connectivity index (χ4v) is 10.0. The van der Waals surface area contributed by atoms with E-state index in [-0.39, 0.29) is 23.9 Å². The maximum absolute atomic E-state index is 14.0. The standard InChI is InChI=1S/C34H43Cl2N3O4S/c1-22(33(41)37-28-5-3-4-6-28)38(20-23-7-12-30(35)31(36)16-23)32(40)21-39(44(2,42)43)29-10-8-27(9-11-29)34-17-24-13-25(18-34)15-26(14-24)19-34/h7-12,16,22,24-26,28H,3-6,13-15,17-21H2,1-2H3,(H,37,41)/t22-,24?,25?,26?,34?/m1/s1. The van der Waals surface area contributed by atoms with Crippen LogP contribution in [0.15, 0.2) is 42.5 Å².